The van der Waals surface area contributed by atoms with Crippen LogP contribution in [0.4, 0.5) is 0 Å². The lowest BCUT2D eigenvalue weighted by atomic mass is 9.89. The summed E-state index contributed by atoms with van der Waals surface area (Å²) < 4.78 is 0. The highest BCUT2D eigenvalue weighted by atomic mass is 16.1. The van der Waals surface area contributed by atoms with Crippen LogP contribution in [0.3, 0.4) is 0 Å². The molecule has 0 radical (unpaired) electrons. The SMILES string of the molecule is CC1(C=O)Cc2ccccc2C1. The minimum absolute atomic E-state index is 0.135. The molecule has 1 heteroatoms. The van der Waals surface area contributed by atoms with Gasteiger partial charge in [-0.25, -0.2) is 0 Å². The molecule has 0 fully saturated rings. The van der Waals surface area contributed by atoms with Gasteiger partial charge in [0.25, 0.3) is 0 Å². The van der Waals surface area contributed by atoms with Crippen molar-refractivity contribution in [3.63, 3.8) is 0 Å². The Morgan fingerprint density at radius 2 is 1.75 bits per heavy atom. The Hall–Kier alpha value is -1.11. The number of hydrogen-bond acceptors (Lipinski definition) is 1. The molecule has 12 heavy (non-hydrogen) atoms. The maximum absolute atomic E-state index is 10.8. The summed E-state index contributed by atoms with van der Waals surface area (Å²) in [6, 6.07) is 8.30. The van der Waals surface area contributed by atoms with Crippen molar-refractivity contribution in [2.24, 2.45) is 5.41 Å². The second kappa shape index (κ2) is 2.44. The van der Waals surface area contributed by atoms with Crippen molar-refractivity contribution in [2.75, 3.05) is 0 Å². The van der Waals surface area contributed by atoms with Gasteiger partial charge in [-0.15, -0.1) is 0 Å². The van der Waals surface area contributed by atoms with E-state index >= 15 is 0 Å². The fraction of sp³-hybridized carbons (Fsp3) is 0.364. The molecule has 0 spiro atoms. The highest BCUT2D eigenvalue weighted by Crippen LogP contribution is 2.34. The van der Waals surface area contributed by atoms with Gasteiger partial charge >= 0.3 is 0 Å². The molecule has 0 amide bonds. The highest BCUT2D eigenvalue weighted by Gasteiger charge is 2.31. The van der Waals surface area contributed by atoms with Crippen LogP contribution in [-0.2, 0) is 17.6 Å². The molecular formula is C11H12O. The summed E-state index contributed by atoms with van der Waals surface area (Å²) in [7, 11) is 0. The third kappa shape index (κ3) is 1.06. The van der Waals surface area contributed by atoms with E-state index < -0.39 is 0 Å². The Balaban J connectivity index is 2.39. The van der Waals surface area contributed by atoms with Crippen LogP contribution in [0.2, 0.25) is 0 Å². The molecule has 62 valence electrons. The molecule has 0 aliphatic heterocycles. The zero-order valence-electron chi connectivity index (χ0n) is 7.21. The Bertz CT molecular complexity index is 290. The molecule has 1 nitrogen and oxygen atoms in total. The molecule has 1 aliphatic rings. The van der Waals surface area contributed by atoms with Crippen LogP contribution >= 0.6 is 0 Å². The zero-order chi connectivity index (χ0) is 8.60. The van der Waals surface area contributed by atoms with Gasteiger partial charge in [0.15, 0.2) is 0 Å². The quantitative estimate of drug-likeness (QED) is 0.574. The first-order valence-electron chi connectivity index (χ1n) is 4.27. The van der Waals surface area contributed by atoms with Gasteiger partial charge in [-0.3, -0.25) is 0 Å². The van der Waals surface area contributed by atoms with Crippen molar-refractivity contribution in [3.05, 3.63) is 35.4 Å². The van der Waals surface area contributed by atoms with E-state index in [4.69, 9.17) is 0 Å². The second-order valence-electron chi connectivity index (χ2n) is 3.89. The maximum Gasteiger partial charge on any atom is 0.126 e. The Kier molecular flexibility index (Phi) is 1.53. The number of aldehydes is 1. The molecule has 0 atom stereocenters. The molecule has 1 aliphatic carbocycles. The molecule has 0 saturated carbocycles. The minimum atomic E-state index is -0.135. The van der Waals surface area contributed by atoms with Crippen LogP contribution in [0.25, 0.3) is 0 Å². The number of rotatable bonds is 1. The normalized spacial score (nSPS) is 18.8. The fourth-order valence-electron chi connectivity index (χ4n) is 1.92. The molecular weight excluding hydrogens is 148 g/mol. The van der Waals surface area contributed by atoms with Crippen LogP contribution in [0.5, 0.6) is 0 Å². The largest absolute Gasteiger partial charge is 0.303 e. The molecule has 2 rings (SSSR count). The standard InChI is InChI=1S/C11H12O/c1-11(8-12)6-9-4-2-3-5-10(9)7-11/h2-5,8H,6-7H2,1H3. The summed E-state index contributed by atoms with van der Waals surface area (Å²) in [5.74, 6) is 0. The van der Waals surface area contributed by atoms with E-state index in [1.165, 1.54) is 11.1 Å². The average molecular weight is 160 g/mol. The van der Waals surface area contributed by atoms with Crippen LogP contribution in [-0.4, -0.2) is 6.29 Å². The van der Waals surface area contributed by atoms with Crippen molar-refractivity contribution in [2.45, 2.75) is 19.8 Å². The third-order valence-corrected chi connectivity index (χ3v) is 2.59. The fourth-order valence-corrected chi connectivity index (χ4v) is 1.92. The van der Waals surface area contributed by atoms with E-state index in [1.807, 2.05) is 19.1 Å². The van der Waals surface area contributed by atoms with Gasteiger partial charge in [-0.1, -0.05) is 31.2 Å². The molecule has 0 bridgehead atoms. The van der Waals surface area contributed by atoms with Gasteiger partial charge in [0.05, 0.1) is 0 Å². The van der Waals surface area contributed by atoms with Crippen molar-refractivity contribution < 1.29 is 4.79 Å². The number of carbonyl (C=O) groups is 1. The maximum atomic E-state index is 10.8. The lowest BCUT2D eigenvalue weighted by molar-refractivity contribution is -0.115. The smallest absolute Gasteiger partial charge is 0.126 e. The average Bonchev–Trinajstić information content (AvgIpc) is 2.42. The predicted molar refractivity (Wildman–Crippen MR) is 48.0 cm³/mol. The highest BCUT2D eigenvalue weighted by molar-refractivity contribution is 5.63. The van der Waals surface area contributed by atoms with E-state index in [0.29, 0.717) is 0 Å². The van der Waals surface area contributed by atoms with Crippen molar-refractivity contribution in [1.82, 2.24) is 0 Å². The van der Waals surface area contributed by atoms with Gasteiger partial charge in [-0.05, 0) is 24.0 Å². The Morgan fingerprint density at radius 1 is 1.25 bits per heavy atom. The molecule has 0 N–H and O–H groups in total. The second-order valence-corrected chi connectivity index (χ2v) is 3.89. The van der Waals surface area contributed by atoms with E-state index in [0.717, 1.165) is 19.1 Å². The lowest BCUT2D eigenvalue weighted by Gasteiger charge is -2.12. The molecule has 0 heterocycles. The summed E-state index contributed by atoms with van der Waals surface area (Å²) >= 11 is 0. The molecule has 1 aromatic carbocycles. The van der Waals surface area contributed by atoms with Crippen LogP contribution in [0.15, 0.2) is 24.3 Å². The van der Waals surface area contributed by atoms with E-state index in [2.05, 4.69) is 12.1 Å². The van der Waals surface area contributed by atoms with E-state index in [9.17, 15) is 4.79 Å². The summed E-state index contributed by atoms with van der Waals surface area (Å²) in [5, 5.41) is 0. The van der Waals surface area contributed by atoms with Gasteiger partial charge < -0.3 is 4.79 Å². The number of hydrogen-bond donors (Lipinski definition) is 0. The Labute approximate surface area is 72.4 Å². The Morgan fingerprint density at radius 3 is 2.17 bits per heavy atom. The topological polar surface area (TPSA) is 17.1 Å². The zero-order valence-corrected chi connectivity index (χ0v) is 7.21. The molecule has 0 aromatic heterocycles. The lowest BCUT2D eigenvalue weighted by Crippen LogP contribution is -2.17. The van der Waals surface area contributed by atoms with E-state index in [1.54, 1.807) is 0 Å². The van der Waals surface area contributed by atoms with E-state index in [-0.39, 0.29) is 5.41 Å². The number of benzene rings is 1. The molecule has 1 aromatic rings. The summed E-state index contributed by atoms with van der Waals surface area (Å²) in [6.07, 6.45) is 2.91. The summed E-state index contributed by atoms with van der Waals surface area (Å²) in [5.41, 5.74) is 2.54. The van der Waals surface area contributed by atoms with Gasteiger partial charge in [0.2, 0.25) is 0 Å². The third-order valence-electron chi connectivity index (χ3n) is 2.59. The van der Waals surface area contributed by atoms with Crippen molar-refractivity contribution in [3.8, 4) is 0 Å². The van der Waals surface area contributed by atoms with Crippen LogP contribution < -0.4 is 0 Å². The molecule has 0 saturated heterocycles. The van der Waals surface area contributed by atoms with Crippen molar-refractivity contribution in [1.29, 1.82) is 0 Å². The molecule has 0 unspecified atom stereocenters. The predicted octanol–water partition coefficient (Wildman–Crippen LogP) is 1.99. The first-order chi connectivity index (χ1) is 5.73. The summed E-state index contributed by atoms with van der Waals surface area (Å²) in [4.78, 5) is 10.8. The van der Waals surface area contributed by atoms with Gasteiger partial charge in [0, 0.05) is 5.41 Å². The van der Waals surface area contributed by atoms with Gasteiger partial charge in [-0.2, -0.15) is 0 Å². The first kappa shape index (κ1) is 7.53. The van der Waals surface area contributed by atoms with Crippen LogP contribution in [0, 0.1) is 5.41 Å². The number of carbonyl (C=O) groups excluding carboxylic acids is 1. The summed E-state index contributed by atoms with van der Waals surface area (Å²) in [6.45, 7) is 2.03. The van der Waals surface area contributed by atoms with Gasteiger partial charge in [0.1, 0.15) is 6.29 Å². The van der Waals surface area contributed by atoms with Crippen molar-refractivity contribution >= 4 is 6.29 Å². The first-order valence-corrected chi connectivity index (χ1v) is 4.27. The number of fused-ring (bicyclic) bond motifs is 1. The van der Waals surface area contributed by atoms with Crippen LogP contribution in [0.1, 0.15) is 18.1 Å². The monoisotopic (exact) mass is 160 g/mol. The minimum Gasteiger partial charge on any atom is -0.303 e.